The molecule has 0 saturated carbocycles. The van der Waals surface area contributed by atoms with Crippen molar-refractivity contribution in [2.75, 3.05) is 59.0 Å². The number of amides is 1. The van der Waals surface area contributed by atoms with Crippen LogP contribution >= 0.6 is 0 Å². The lowest BCUT2D eigenvalue weighted by Gasteiger charge is -2.29. The van der Waals surface area contributed by atoms with Crippen LogP contribution in [0.4, 0.5) is 4.79 Å². The lowest BCUT2D eigenvalue weighted by Crippen LogP contribution is -2.45. The Morgan fingerprint density at radius 2 is 1.93 bits per heavy atom. The van der Waals surface area contributed by atoms with Crippen LogP contribution in [-0.4, -0.2) is 92.5 Å². The van der Waals surface area contributed by atoms with Crippen molar-refractivity contribution >= 4 is 12.1 Å². The van der Waals surface area contributed by atoms with Gasteiger partial charge >= 0.3 is 6.09 Å². The first kappa shape index (κ1) is 24.7. The number of rotatable bonds is 7. The number of alkyl carbamates (subject to hydrolysis) is 1. The van der Waals surface area contributed by atoms with Crippen LogP contribution in [0, 0.1) is 11.8 Å². The fraction of sp³-hybridized carbons (Fsp3) is 0.909. The van der Waals surface area contributed by atoms with Gasteiger partial charge in [0, 0.05) is 39.3 Å². The first-order valence-electron chi connectivity index (χ1n) is 11.5. The fourth-order valence-electron chi connectivity index (χ4n) is 3.82. The van der Waals surface area contributed by atoms with Crippen molar-refractivity contribution in [2.45, 2.75) is 59.6 Å². The average molecular weight is 426 g/mol. The Hall–Kier alpha value is -1.54. The van der Waals surface area contributed by atoms with Crippen LogP contribution in [0.15, 0.2) is 4.99 Å². The molecule has 30 heavy (non-hydrogen) atoms. The van der Waals surface area contributed by atoms with Gasteiger partial charge in [-0.05, 0) is 46.0 Å². The number of morpholine rings is 1. The Labute approximate surface area is 182 Å². The highest BCUT2D eigenvalue weighted by Crippen LogP contribution is 2.18. The molecule has 0 aromatic rings. The lowest BCUT2D eigenvalue weighted by molar-refractivity contribution is 0.0315. The van der Waals surface area contributed by atoms with Gasteiger partial charge in [0.2, 0.25) is 0 Å². The van der Waals surface area contributed by atoms with Gasteiger partial charge in [-0.15, -0.1) is 0 Å². The van der Waals surface area contributed by atoms with Crippen molar-refractivity contribution < 1.29 is 14.3 Å². The van der Waals surface area contributed by atoms with E-state index in [0.29, 0.717) is 12.5 Å². The molecule has 8 nitrogen and oxygen atoms in total. The topological polar surface area (TPSA) is 78.4 Å². The lowest BCUT2D eigenvalue weighted by atomic mass is 10.1. The van der Waals surface area contributed by atoms with E-state index in [2.05, 4.69) is 41.2 Å². The van der Waals surface area contributed by atoms with Gasteiger partial charge in [0.25, 0.3) is 0 Å². The van der Waals surface area contributed by atoms with E-state index in [1.807, 2.05) is 20.8 Å². The highest BCUT2D eigenvalue weighted by atomic mass is 16.6. The summed E-state index contributed by atoms with van der Waals surface area (Å²) in [6, 6.07) is -0.0692. The van der Waals surface area contributed by atoms with Gasteiger partial charge in [-0.25, -0.2) is 4.79 Å². The standard InChI is InChI=1S/C22H43N5O3/c1-7-23-20(24-14-19(17(2)3)25-21(28)30-22(4,5)6)27-9-8-18(16-27)15-26-10-12-29-13-11-26/h17-19H,7-16H2,1-6H3,(H,23,24)(H,25,28). The van der Waals surface area contributed by atoms with E-state index in [0.717, 1.165) is 58.4 Å². The van der Waals surface area contributed by atoms with Crippen molar-refractivity contribution in [1.29, 1.82) is 0 Å². The Bertz CT molecular complexity index is 555. The third-order valence-corrected chi connectivity index (χ3v) is 5.48. The highest BCUT2D eigenvalue weighted by Gasteiger charge is 2.28. The molecule has 8 heteroatoms. The molecule has 0 bridgehead atoms. The van der Waals surface area contributed by atoms with Crippen LogP contribution in [0.2, 0.25) is 0 Å². The van der Waals surface area contributed by atoms with Gasteiger partial charge < -0.3 is 25.0 Å². The number of hydrogen-bond donors (Lipinski definition) is 2. The Morgan fingerprint density at radius 3 is 2.53 bits per heavy atom. The van der Waals surface area contributed by atoms with Gasteiger partial charge in [0.1, 0.15) is 5.60 Å². The number of nitrogens with one attached hydrogen (secondary N) is 2. The van der Waals surface area contributed by atoms with Crippen molar-refractivity contribution in [3.8, 4) is 0 Å². The van der Waals surface area contributed by atoms with E-state index in [1.54, 1.807) is 0 Å². The molecular weight excluding hydrogens is 382 g/mol. The summed E-state index contributed by atoms with van der Waals surface area (Å²) >= 11 is 0. The van der Waals surface area contributed by atoms with Crippen LogP contribution in [0.3, 0.4) is 0 Å². The molecule has 2 atom stereocenters. The number of carbonyl (C=O) groups is 1. The second kappa shape index (κ2) is 11.7. The molecule has 0 aromatic carbocycles. The number of aliphatic imine (C=N–C) groups is 1. The van der Waals surface area contributed by atoms with Crippen molar-refractivity contribution in [3.05, 3.63) is 0 Å². The highest BCUT2D eigenvalue weighted by molar-refractivity contribution is 5.80. The van der Waals surface area contributed by atoms with Crippen LogP contribution < -0.4 is 10.6 Å². The summed E-state index contributed by atoms with van der Waals surface area (Å²) in [5, 5.41) is 6.42. The van der Waals surface area contributed by atoms with Crippen LogP contribution in [0.5, 0.6) is 0 Å². The normalized spacial score (nSPS) is 22.3. The summed E-state index contributed by atoms with van der Waals surface area (Å²) in [6.45, 7) is 20.2. The molecule has 2 heterocycles. The second-order valence-electron chi connectivity index (χ2n) is 9.71. The quantitative estimate of drug-likeness (QED) is 0.481. The first-order chi connectivity index (χ1) is 14.2. The van der Waals surface area contributed by atoms with Gasteiger partial charge in [0.15, 0.2) is 5.96 Å². The SMILES string of the molecule is CCNC(=NCC(NC(=O)OC(C)(C)C)C(C)C)N1CCC(CN2CCOCC2)C1. The minimum atomic E-state index is -0.505. The molecular formula is C22H43N5O3. The maximum Gasteiger partial charge on any atom is 0.407 e. The molecule has 0 radical (unpaired) electrons. The maximum atomic E-state index is 12.2. The number of carbonyl (C=O) groups excluding carboxylic acids is 1. The summed E-state index contributed by atoms with van der Waals surface area (Å²) in [7, 11) is 0. The molecule has 1 amide bonds. The summed E-state index contributed by atoms with van der Waals surface area (Å²) in [5.41, 5.74) is -0.505. The number of guanidine groups is 1. The summed E-state index contributed by atoms with van der Waals surface area (Å²) in [5.74, 6) is 1.86. The summed E-state index contributed by atoms with van der Waals surface area (Å²) in [4.78, 5) is 22.0. The van der Waals surface area contributed by atoms with E-state index >= 15 is 0 Å². The average Bonchev–Trinajstić information content (AvgIpc) is 3.11. The predicted molar refractivity (Wildman–Crippen MR) is 121 cm³/mol. The predicted octanol–water partition coefficient (Wildman–Crippen LogP) is 2.16. The number of nitrogens with zero attached hydrogens (tertiary/aromatic N) is 3. The van der Waals surface area contributed by atoms with E-state index in [-0.39, 0.29) is 18.1 Å². The molecule has 2 unspecified atom stereocenters. The van der Waals surface area contributed by atoms with E-state index in [1.165, 1.54) is 6.42 Å². The van der Waals surface area contributed by atoms with Gasteiger partial charge in [-0.3, -0.25) is 9.89 Å². The molecule has 2 fully saturated rings. The molecule has 174 valence electrons. The zero-order valence-corrected chi connectivity index (χ0v) is 19.9. The molecule has 2 aliphatic rings. The number of ether oxygens (including phenoxy) is 2. The van der Waals surface area contributed by atoms with Crippen molar-refractivity contribution in [1.82, 2.24) is 20.4 Å². The minimum Gasteiger partial charge on any atom is -0.444 e. The number of hydrogen-bond acceptors (Lipinski definition) is 5. The van der Waals surface area contributed by atoms with Gasteiger partial charge in [-0.1, -0.05) is 13.8 Å². The Balaban J connectivity index is 1.92. The van der Waals surface area contributed by atoms with E-state index in [4.69, 9.17) is 14.5 Å². The van der Waals surface area contributed by atoms with Crippen LogP contribution in [0.25, 0.3) is 0 Å². The van der Waals surface area contributed by atoms with E-state index in [9.17, 15) is 4.79 Å². The molecule has 0 aromatic heterocycles. The van der Waals surface area contributed by atoms with Gasteiger partial charge in [-0.2, -0.15) is 0 Å². The smallest absolute Gasteiger partial charge is 0.407 e. The minimum absolute atomic E-state index is 0.0692. The molecule has 0 spiro atoms. The molecule has 2 saturated heterocycles. The maximum absolute atomic E-state index is 12.2. The fourth-order valence-corrected chi connectivity index (χ4v) is 3.82. The van der Waals surface area contributed by atoms with Crippen molar-refractivity contribution in [2.24, 2.45) is 16.8 Å². The third-order valence-electron chi connectivity index (χ3n) is 5.48. The monoisotopic (exact) mass is 425 g/mol. The third kappa shape index (κ3) is 8.68. The summed E-state index contributed by atoms with van der Waals surface area (Å²) < 4.78 is 10.9. The first-order valence-corrected chi connectivity index (χ1v) is 11.5. The largest absolute Gasteiger partial charge is 0.444 e. The zero-order valence-electron chi connectivity index (χ0n) is 19.9. The van der Waals surface area contributed by atoms with E-state index < -0.39 is 5.60 Å². The molecule has 2 rings (SSSR count). The second-order valence-corrected chi connectivity index (χ2v) is 9.71. The molecule has 0 aliphatic carbocycles. The Morgan fingerprint density at radius 1 is 1.23 bits per heavy atom. The van der Waals surface area contributed by atoms with Crippen LogP contribution in [0.1, 0.15) is 48.0 Å². The molecule has 2 N–H and O–H groups in total. The summed E-state index contributed by atoms with van der Waals surface area (Å²) in [6.07, 6.45) is 0.805. The van der Waals surface area contributed by atoms with Crippen molar-refractivity contribution in [3.63, 3.8) is 0 Å². The van der Waals surface area contributed by atoms with Gasteiger partial charge in [0.05, 0.1) is 25.8 Å². The zero-order chi connectivity index (χ0) is 22.1. The molecule has 2 aliphatic heterocycles. The number of likely N-dealkylation sites (tertiary alicyclic amines) is 1. The Kier molecular flexibility index (Phi) is 9.68. The van der Waals surface area contributed by atoms with Crippen LogP contribution in [-0.2, 0) is 9.47 Å².